The van der Waals surface area contributed by atoms with Crippen molar-refractivity contribution in [3.8, 4) is 11.1 Å². The summed E-state index contributed by atoms with van der Waals surface area (Å²) in [6.07, 6.45) is 0. The number of benzene rings is 8. The molecule has 0 bridgehead atoms. The molecule has 1 nitrogen and oxygen atoms in total. The lowest BCUT2D eigenvalue weighted by molar-refractivity contribution is 0.632. The van der Waals surface area contributed by atoms with Crippen molar-refractivity contribution in [2.24, 2.45) is 0 Å². The molecular weight excluding hydrogens is 530 g/mol. The van der Waals surface area contributed by atoms with Crippen LogP contribution < -0.4 is 4.90 Å². The maximum Gasteiger partial charge on any atom is 0.0546 e. The number of fused-ring (bicyclic) bond motifs is 8. The van der Waals surface area contributed by atoms with E-state index < -0.39 is 0 Å². The molecular formula is C43H31N. The first-order valence-corrected chi connectivity index (χ1v) is 15.5. The summed E-state index contributed by atoms with van der Waals surface area (Å²) in [6.45, 7) is 4.70. The molecule has 0 saturated carbocycles. The van der Waals surface area contributed by atoms with Gasteiger partial charge in [0.05, 0.1) is 17.1 Å². The van der Waals surface area contributed by atoms with Crippen LogP contribution in [0.15, 0.2) is 152 Å². The van der Waals surface area contributed by atoms with Gasteiger partial charge in [0.25, 0.3) is 0 Å². The average Bonchev–Trinajstić information content (AvgIpc) is 3.08. The van der Waals surface area contributed by atoms with Crippen molar-refractivity contribution >= 4 is 60.2 Å². The monoisotopic (exact) mass is 561 g/mol. The lowest BCUT2D eigenvalue weighted by atomic mass is 9.73. The summed E-state index contributed by atoms with van der Waals surface area (Å²) >= 11 is 0. The molecule has 0 radical (unpaired) electrons. The zero-order valence-electron chi connectivity index (χ0n) is 24.9. The Morgan fingerprint density at radius 1 is 0.409 bits per heavy atom. The van der Waals surface area contributed by atoms with Gasteiger partial charge in [-0.05, 0) is 90.3 Å². The van der Waals surface area contributed by atoms with Crippen LogP contribution >= 0.6 is 0 Å². The van der Waals surface area contributed by atoms with Crippen LogP contribution in [-0.2, 0) is 5.41 Å². The zero-order chi connectivity index (χ0) is 29.4. The van der Waals surface area contributed by atoms with Crippen LogP contribution in [0.4, 0.5) is 17.1 Å². The fourth-order valence-electron chi connectivity index (χ4n) is 7.67. The van der Waals surface area contributed by atoms with Gasteiger partial charge in [0.2, 0.25) is 0 Å². The summed E-state index contributed by atoms with van der Waals surface area (Å²) in [4.78, 5) is 2.50. The number of rotatable bonds is 2. The van der Waals surface area contributed by atoms with E-state index in [1.807, 2.05) is 0 Å². The summed E-state index contributed by atoms with van der Waals surface area (Å²) in [6, 6.07) is 56.1. The Bertz CT molecular complexity index is 2380. The van der Waals surface area contributed by atoms with Crippen molar-refractivity contribution < 1.29 is 0 Å². The van der Waals surface area contributed by atoms with Crippen LogP contribution in [0.25, 0.3) is 54.2 Å². The molecule has 1 aliphatic heterocycles. The Labute approximate surface area is 257 Å². The van der Waals surface area contributed by atoms with Crippen molar-refractivity contribution in [3.63, 3.8) is 0 Å². The highest BCUT2D eigenvalue weighted by Gasteiger charge is 2.37. The maximum absolute atomic E-state index is 2.50. The second-order valence-electron chi connectivity index (χ2n) is 12.6. The minimum Gasteiger partial charge on any atom is -0.309 e. The van der Waals surface area contributed by atoms with E-state index in [-0.39, 0.29) is 5.41 Å². The van der Waals surface area contributed by atoms with Crippen molar-refractivity contribution in [1.29, 1.82) is 0 Å². The molecule has 0 spiro atoms. The second kappa shape index (κ2) is 9.30. The van der Waals surface area contributed by atoms with Crippen LogP contribution in [0.2, 0.25) is 0 Å². The third kappa shape index (κ3) is 3.53. The van der Waals surface area contributed by atoms with E-state index in [0.29, 0.717) is 0 Å². The summed E-state index contributed by atoms with van der Waals surface area (Å²) in [7, 11) is 0. The molecule has 0 unspecified atom stereocenters. The number of hydrogen-bond donors (Lipinski definition) is 0. The molecule has 0 amide bonds. The predicted octanol–water partition coefficient (Wildman–Crippen LogP) is 12.1. The zero-order valence-corrected chi connectivity index (χ0v) is 24.9. The van der Waals surface area contributed by atoms with E-state index in [1.54, 1.807) is 0 Å². The van der Waals surface area contributed by atoms with Crippen LogP contribution in [-0.4, -0.2) is 0 Å². The van der Waals surface area contributed by atoms with Gasteiger partial charge in [-0.1, -0.05) is 135 Å². The molecule has 0 fully saturated rings. The van der Waals surface area contributed by atoms with E-state index in [4.69, 9.17) is 0 Å². The quantitative estimate of drug-likeness (QED) is 0.190. The molecule has 208 valence electrons. The Hall–Kier alpha value is -5.40. The summed E-state index contributed by atoms with van der Waals surface area (Å²) in [5.74, 6) is 0. The van der Waals surface area contributed by atoms with E-state index in [0.717, 1.165) is 0 Å². The minimum atomic E-state index is -0.101. The molecule has 0 N–H and O–H groups in total. The highest BCUT2D eigenvalue weighted by molar-refractivity contribution is 6.26. The van der Waals surface area contributed by atoms with E-state index in [1.165, 1.54) is 82.4 Å². The van der Waals surface area contributed by atoms with Gasteiger partial charge in [0, 0.05) is 10.8 Å². The number of anilines is 3. The largest absolute Gasteiger partial charge is 0.309 e. The van der Waals surface area contributed by atoms with Crippen LogP contribution in [0.1, 0.15) is 25.0 Å². The smallest absolute Gasteiger partial charge is 0.0546 e. The van der Waals surface area contributed by atoms with Crippen molar-refractivity contribution in [1.82, 2.24) is 0 Å². The maximum atomic E-state index is 2.50. The highest BCUT2D eigenvalue weighted by Crippen LogP contribution is 2.54. The summed E-state index contributed by atoms with van der Waals surface area (Å²) < 4.78 is 0. The van der Waals surface area contributed by atoms with Crippen LogP contribution in [0.5, 0.6) is 0 Å². The number of para-hydroxylation sites is 2. The van der Waals surface area contributed by atoms with E-state index in [9.17, 15) is 0 Å². The predicted molar refractivity (Wildman–Crippen MR) is 189 cm³/mol. The first kappa shape index (κ1) is 25.1. The summed E-state index contributed by atoms with van der Waals surface area (Å²) in [5, 5.41) is 10.2. The molecule has 1 aliphatic rings. The average molecular weight is 562 g/mol. The SMILES string of the molecule is CC1(C)c2ccccc2N(c2cc3cc(-c4ccc5ccccc5c4)c4ccccc4c3c3ccccc23)c2ccccc21. The van der Waals surface area contributed by atoms with Gasteiger partial charge in [-0.25, -0.2) is 0 Å². The Balaban J connectivity index is 1.40. The molecule has 0 aromatic heterocycles. The number of nitrogens with zero attached hydrogens (tertiary/aromatic N) is 1. The normalized spacial score (nSPS) is 13.8. The molecule has 0 aliphatic carbocycles. The van der Waals surface area contributed by atoms with E-state index >= 15 is 0 Å². The lowest BCUT2D eigenvalue weighted by Crippen LogP contribution is -2.30. The molecule has 1 heterocycles. The second-order valence-corrected chi connectivity index (χ2v) is 12.6. The number of hydrogen-bond acceptors (Lipinski definition) is 1. The molecule has 0 atom stereocenters. The van der Waals surface area contributed by atoms with Gasteiger partial charge >= 0.3 is 0 Å². The van der Waals surface area contributed by atoms with Gasteiger partial charge in [0.1, 0.15) is 0 Å². The third-order valence-electron chi connectivity index (χ3n) is 9.78. The lowest BCUT2D eigenvalue weighted by Gasteiger charge is -2.42. The Kier molecular flexibility index (Phi) is 5.31. The van der Waals surface area contributed by atoms with Crippen LogP contribution in [0.3, 0.4) is 0 Å². The standard InChI is InChI=1S/C43H31N/c1-43(2)37-19-9-11-21-39(37)44(40-22-12-10-20-38(40)43)41-27-31-26-36(30-24-23-28-13-3-4-14-29(28)25-30)32-15-5-7-17-34(32)42(31)35-18-8-6-16-33(35)41/h3-27H,1-2H3. The van der Waals surface area contributed by atoms with Crippen molar-refractivity contribution in [3.05, 3.63) is 163 Å². The molecule has 8 aromatic carbocycles. The van der Waals surface area contributed by atoms with Crippen molar-refractivity contribution in [2.45, 2.75) is 19.3 Å². The van der Waals surface area contributed by atoms with Gasteiger partial charge in [0.15, 0.2) is 0 Å². The first-order valence-electron chi connectivity index (χ1n) is 15.5. The van der Waals surface area contributed by atoms with Crippen LogP contribution in [0, 0.1) is 0 Å². The Morgan fingerprint density at radius 3 is 1.66 bits per heavy atom. The fourth-order valence-corrected chi connectivity index (χ4v) is 7.67. The minimum absolute atomic E-state index is 0.101. The molecule has 9 rings (SSSR count). The Morgan fingerprint density at radius 2 is 0.955 bits per heavy atom. The first-order chi connectivity index (χ1) is 21.6. The molecule has 0 saturated heterocycles. The molecule has 44 heavy (non-hydrogen) atoms. The summed E-state index contributed by atoms with van der Waals surface area (Å²) in [5.41, 5.74) is 8.80. The fraction of sp³-hybridized carbons (Fsp3) is 0.0698. The highest BCUT2D eigenvalue weighted by atomic mass is 15.2. The van der Waals surface area contributed by atoms with Gasteiger partial charge in [-0.3, -0.25) is 0 Å². The van der Waals surface area contributed by atoms with Gasteiger partial charge in [-0.2, -0.15) is 0 Å². The third-order valence-corrected chi connectivity index (χ3v) is 9.78. The van der Waals surface area contributed by atoms with E-state index in [2.05, 4.69) is 170 Å². The van der Waals surface area contributed by atoms with Gasteiger partial charge in [-0.15, -0.1) is 0 Å². The topological polar surface area (TPSA) is 3.24 Å². The molecule has 8 aromatic rings. The molecule has 1 heteroatoms. The van der Waals surface area contributed by atoms with Crippen molar-refractivity contribution in [2.75, 3.05) is 4.90 Å². The van der Waals surface area contributed by atoms with Gasteiger partial charge < -0.3 is 4.90 Å².